The number of rotatable bonds is 9. The topological polar surface area (TPSA) is 41.1 Å². The number of carbonyl (C=O) groups excluding carboxylic acids is 1. The molecular weight excluding hydrogens is 224 g/mol. The lowest BCUT2D eigenvalue weighted by atomic mass is 9.95. The van der Waals surface area contributed by atoms with Gasteiger partial charge in [0.15, 0.2) is 0 Å². The maximum Gasteiger partial charge on any atom is 0.236 e. The molecule has 0 aromatic rings. The van der Waals surface area contributed by atoms with Crippen molar-refractivity contribution in [2.75, 3.05) is 7.05 Å². The molecule has 3 nitrogen and oxygen atoms in total. The van der Waals surface area contributed by atoms with Gasteiger partial charge >= 0.3 is 0 Å². The van der Waals surface area contributed by atoms with E-state index in [1.165, 1.54) is 6.42 Å². The normalized spacial score (nSPS) is 16.4. The van der Waals surface area contributed by atoms with Crippen molar-refractivity contribution in [1.82, 2.24) is 10.6 Å². The second-order valence-corrected chi connectivity index (χ2v) is 5.82. The molecule has 0 aliphatic carbocycles. The van der Waals surface area contributed by atoms with Gasteiger partial charge in [0, 0.05) is 13.1 Å². The molecule has 3 atom stereocenters. The van der Waals surface area contributed by atoms with Gasteiger partial charge in [0.1, 0.15) is 0 Å². The fraction of sp³-hybridized carbons (Fsp3) is 0.933. The monoisotopic (exact) mass is 256 g/mol. The maximum atomic E-state index is 11.9. The van der Waals surface area contributed by atoms with Gasteiger partial charge in [-0.1, -0.05) is 41.0 Å². The molecule has 1 amide bonds. The first-order chi connectivity index (χ1) is 8.44. The van der Waals surface area contributed by atoms with Crippen LogP contribution in [0.15, 0.2) is 0 Å². The van der Waals surface area contributed by atoms with Crippen molar-refractivity contribution in [3.63, 3.8) is 0 Å². The van der Waals surface area contributed by atoms with E-state index in [0.29, 0.717) is 17.9 Å². The maximum absolute atomic E-state index is 11.9. The second-order valence-electron chi connectivity index (χ2n) is 5.82. The predicted octanol–water partition coefficient (Wildman–Crippen LogP) is 2.95. The summed E-state index contributed by atoms with van der Waals surface area (Å²) in [5.41, 5.74) is 0. The van der Waals surface area contributed by atoms with Gasteiger partial charge in [0.2, 0.25) is 5.91 Å². The average molecular weight is 256 g/mol. The molecular formula is C15H32N2O. The van der Waals surface area contributed by atoms with Crippen LogP contribution in [-0.4, -0.2) is 25.0 Å². The van der Waals surface area contributed by atoms with Gasteiger partial charge in [-0.3, -0.25) is 4.79 Å². The first-order valence-corrected chi connectivity index (χ1v) is 7.42. The molecule has 0 bridgehead atoms. The van der Waals surface area contributed by atoms with Crippen molar-refractivity contribution in [2.24, 2.45) is 11.8 Å². The lowest BCUT2D eigenvalue weighted by Crippen LogP contribution is -2.48. The zero-order valence-corrected chi connectivity index (χ0v) is 13.0. The first kappa shape index (κ1) is 17.4. The minimum absolute atomic E-state index is 0.0518. The van der Waals surface area contributed by atoms with Gasteiger partial charge in [-0.25, -0.2) is 0 Å². The molecule has 0 radical (unpaired) electrons. The van der Waals surface area contributed by atoms with Crippen LogP contribution >= 0.6 is 0 Å². The number of hydrogen-bond donors (Lipinski definition) is 2. The van der Waals surface area contributed by atoms with E-state index in [4.69, 9.17) is 0 Å². The predicted molar refractivity (Wildman–Crippen MR) is 78.6 cm³/mol. The fourth-order valence-electron chi connectivity index (χ4n) is 2.19. The Hall–Kier alpha value is -0.570. The Morgan fingerprint density at radius 1 is 1.06 bits per heavy atom. The zero-order valence-electron chi connectivity index (χ0n) is 13.0. The molecule has 3 unspecified atom stereocenters. The van der Waals surface area contributed by atoms with Crippen molar-refractivity contribution in [3.8, 4) is 0 Å². The molecule has 0 aliphatic rings. The summed E-state index contributed by atoms with van der Waals surface area (Å²) in [6, 6.07) is 0.394. The van der Waals surface area contributed by atoms with Crippen molar-refractivity contribution < 1.29 is 4.79 Å². The largest absolute Gasteiger partial charge is 0.358 e. The quantitative estimate of drug-likeness (QED) is 0.666. The number of nitrogens with one attached hydrogen (secondary N) is 2. The molecule has 0 fully saturated rings. The average Bonchev–Trinajstić information content (AvgIpc) is 2.34. The van der Waals surface area contributed by atoms with Crippen molar-refractivity contribution in [3.05, 3.63) is 0 Å². The SMILES string of the molecule is CCC(C)CC(CC)NC(CC(C)C)C(=O)NC. The van der Waals surface area contributed by atoms with Gasteiger partial charge in [-0.05, 0) is 31.1 Å². The lowest BCUT2D eigenvalue weighted by molar-refractivity contribution is -0.123. The summed E-state index contributed by atoms with van der Waals surface area (Å²) in [7, 11) is 1.72. The van der Waals surface area contributed by atoms with Crippen molar-refractivity contribution in [1.29, 1.82) is 0 Å². The minimum atomic E-state index is -0.0518. The lowest BCUT2D eigenvalue weighted by Gasteiger charge is -2.27. The molecule has 18 heavy (non-hydrogen) atoms. The summed E-state index contributed by atoms with van der Waals surface area (Å²) >= 11 is 0. The Morgan fingerprint density at radius 3 is 2.06 bits per heavy atom. The van der Waals surface area contributed by atoms with E-state index in [1.807, 2.05) is 0 Å². The highest BCUT2D eigenvalue weighted by atomic mass is 16.2. The molecule has 0 aromatic carbocycles. The summed E-state index contributed by atoms with van der Waals surface area (Å²) in [5.74, 6) is 1.36. The second kappa shape index (κ2) is 9.37. The molecule has 0 heterocycles. The molecule has 108 valence electrons. The van der Waals surface area contributed by atoms with Crippen LogP contribution in [0.4, 0.5) is 0 Å². The van der Waals surface area contributed by atoms with E-state index in [9.17, 15) is 4.79 Å². The summed E-state index contributed by atoms with van der Waals surface area (Å²) < 4.78 is 0. The van der Waals surface area contributed by atoms with E-state index in [2.05, 4.69) is 45.3 Å². The summed E-state index contributed by atoms with van der Waals surface area (Å²) in [6.07, 6.45) is 4.33. The van der Waals surface area contributed by atoms with Gasteiger partial charge in [-0.15, -0.1) is 0 Å². The van der Waals surface area contributed by atoms with E-state index < -0.39 is 0 Å². The Bertz CT molecular complexity index is 229. The highest BCUT2D eigenvalue weighted by Gasteiger charge is 2.22. The van der Waals surface area contributed by atoms with Gasteiger partial charge < -0.3 is 10.6 Å². The Kier molecular flexibility index (Phi) is 9.08. The minimum Gasteiger partial charge on any atom is -0.358 e. The zero-order chi connectivity index (χ0) is 14.1. The van der Waals surface area contributed by atoms with E-state index in [1.54, 1.807) is 7.05 Å². The van der Waals surface area contributed by atoms with Crippen LogP contribution in [-0.2, 0) is 4.79 Å². The van der Waals surface area contributed by atoms with Crippen LogP contribution < -0.4 is 10.6 Å². The molecule has 0 aliphatic heterocycles. The van der Waals surface area contributed by atoms with E-state index in [-0.39, 0.29) is 11.9 Å². The Balaban J connectivity index is 4.46. The fourth-order valence-corrected chi connectivity index (χ4v) is 2.19. The van der Waals surface area contributed by atoms with Crippen LogP contribution in [0.3, 0.4) is 0 Å². The number of likely N-dealkylation sites (N-methyl/N-ethyl adjacent to an activating group) is 1. The summed E-state index contributed by atoms with van der Waals surface area (Å²) in [4.78, 5) is 11.9. The van der Waals surface area contributed by atoms with Crippen LogP contribution in [0, 0.1) is 11.8 Å². The van der Waals surface area contributed by atoms with Gasteiger partial charge in [0.25, 0.3) is 0 Å². The smallest absolute Gasteiger partial charge is 0.236 e. The first-order valence-electron chi connectivity index (χ1n) is 7.42. The standard InChI is InChI=1S/C15H32N2O/c1-7-12(5)10-13(8-2)17-14(9-11(3)4)15(18)16-6/h11-14,17H,7-10H2,1-6H3,(H,16,18). The van der Waals surface area contributed by atoms with Gasteiger partial charge in [0.05, 0.1) is 6.04 Å². The third kappa shape index (κ3) is 7.00. The van der Waals surface area contributed by atoms with Crippen LogP contribution in [0.2, 0.25) is 0 Å². The van der Waals surface area contributed by atoms with Gasteiger partial charge in [-0.2, -0.15) is 0 Å². The van der Waals surface area contributed by atoms with E-state index in [0.717, 1.165) is 19.3 Å². The van der Waals surface area contributed by atoms with Crippen molar-refractivity contribution >= 4 is 5.91 Å². The number of amides is 1. The summed E-state index contributed by atoms with van der Waals surface area (Å²) in [5, 5.41) is 6.30. The molecule has 0 spiro atoms. The van der Waals surface area contributed by atoms with Crippen LogP contribution in [0.25, 0.3) is 0 Å². The number of hydrogen-bond acceptors (Lipinski definition) is 2. The number of carbonyl (C=O) groups is 1. The summed E-state index contributed by atoms with van der Waals surface area (Å²) in [6.45, 7) is 11.0. The molecule has 0 saturated carbocycles. The Labute approximate surface area is 113 Å². The molecule has 0 saturated heterocycles. The Morgan fingerprint density at radius 2 is 1.67 bits per heavy atom. The highest BCUT2D eigenvalue weighted by molar-refractivity contribution is 5.81. The molecule has 0 rings (SSSR count). The van der Waals surface area contributed by atoms with Crippen LogP contribution in [0.5, 0.6) is 0 Å². The highest BCUT2D eigenvalue weighted by Crippen LogP contribution is 2.14. The molecule has 0 aromatic heterocycles. The van der Waals surface area contributed by atoms with E-state index >= 15 is 0 Å². The van der Waals surface area contributed by atoms with Crippen LogP contribution in [0.1, 0.15) is 60.3 Å². The molecule has 2 N–H and O–H groups in total. The molecule has 3 heteroatoms. The third-order valence-electron chi connectivity index (χ3n) is 3.58. The third-order valence-corrected chi connectivity index (χ3v) is 3.58. The van der Waals surface area contributed by atoms with Crippen molar-refractivity contribution in [2.45, 2.75) is 72.4 Å².